The molecule has 0 aliphatic heterocycles. The van der Waals surface area contributed by atoms with Gasteiger partial charge >= 0.3 is 5.97 Å². The molecule has 1 aliphatic rings. The van der Waals surface area contributed by atoms with E-state index >= 15 is 0 Å². The van der Waals surface area contributed by atoms with E-state index in [-0.39, 0.29) is 11.9 Å². The molecule has 0 bridgehead atoms. The molecule has 1 fully saturated rings. The number of benzene rings is 1. The van der Waals surface area contributed by atoms with Crippen LogP contribution in [-0.4, -0.2) is 30.6 Å². The van der Waals surface area contributed by atoms with Crippen LogP contribution in [0.4, 0.5) is 0 Å². The Morgan fingerprint density at radius 1 is 1.27 bits per heavy atom. The largest absolute Gasteiger partial charge is 0.493 e. The van der Waals surface area contributed by atoms with Gasteiger partial charge in [-0.05, 0) is 44.7 Å². The standard InChI is InChI=1S/C21H29NO4/c1-4-25-19-12-8-6-10-17(19)13-14-20(23)26-16(3)21(24)22-18-11-7-5-9-15(18)2/h6,8,10,12-16,18H,4-5,7,9,11H2,1-3H3,(H,22,24)/b14-13+/t15-,16+,18+/m0/s1. The number of amides is 1. The molecular formula is C21H29NO4. The molecule has 1 N–H and O–H groups in total. The highest BCUT2D eigenvalue weighted by atomic mass is 16.5. The maximum atomic E-state index is 12.3. The van der Waals surface area contributed by atoms with Gasteiger partial charge in [-0.2, -0.15) is 0 Å². The van der Waals surface area contributed by atoms with Gasteiger partial charge in [0.1, 0.15) is 5.75 Å². The smallest absolute Gasteiger partial charge is 0.331 e. The molecule has 0 heterocycles. The molecular weight excluding hydrogens is 330 g/mol. The fraction of sp³-hybridized carbons (Fsp3) is 0.524. The number of esters is 1. The number of hydrogen-bond acceptors (Lipinski definition) is 4. The quantitative estimate of drug-likeness (QED) is 0.595. The van der Waals surface area contributed by atoms with Crippen molar-refractivity contribution in [1.29, 1.82) is 0 Å². The second-order valence-corrected chi connectivity index (χ2v) is 6.76. The number of para-hydroxylation sites is 1. The minimum absolute atomic E-state index is 0.172. The molecule has 3 atom stereocenters. The predicted molar refractivity (Wildman–Crippen MR) is 102 cm³/mol. The highest BCUT2D eigenvalue weighted by Gasteiger charge is 2.25. The summed E-state index contributed by atoms with van der Waals surface area (Å²) < 4.78 is 10.7. The fourth-order valence-electron chi connectivity index (χ4n) is 3.16. The van der Waals surface area contributed by atoms with Crippen molar-refractivity contribution < 1.29 is 19.1 Å². The summed E-state index contributed by atoms with van der Waals surface area (Å²) in [5.74, 6) is 0.387. The van der Waals surface area contributed by atoms with Crippen LogP contribution >= 0.6 is 0 Å². The van der Waals surface area contributed by atoms with Crippen molar-refractivity contribution in [2.45, 2.75) is 58.6 Å². The Morgan fingerprint density at radius 2 is 2.00 bits per heavy atom. The van der Waals surface area contributed by atoms with Crippen molar-refractivity contribution in [1.82, 2.24) is 5.32 Å². The van der Waals surface area contributed by atoms with E-state index in [0.29, 0.717) is 18.3 Å². The zero-order chi connectivity index (χ0) is 18.9. The second-order valence-electron chi connectivity index (χ2n) is 6.76. The van der Waals surface area contributed by atoms with Crippen LogP contribution in [0.5, 0.6) is 5.75 Å². The van der Waals surface area contributed by atoms with Crippen molar-refractivity contribution in [2.24, 2.45) is 5.92 Å². The molecule has 1 saturated carbocycles. The number of rotatable bonds is 7. The monoisotopic (exact) mass is 359 g/mol. The van der Waals surface area contributed by atoms with E-state index in [1.54, 1.807) is 13.0 Å². The minimum Gasteiger partial charge on any atom is -0.493 e. The minimum atomic E-state index is -0.816. The lowest BCUT2D eigenvalue weighted by molar-refractivity contribution is -0.150. The van der Waals surface area contributed by atoms with Crippen LogP contribution in [0.1, 0.15) is 52.0 Å². The van der Waals surface area contributed by atoms with Gasteiger partial charge in [0.15, 0.2) is 6.10 Å². The summed E-state index contributed by atoms with van der Waals surface area (Å²) in [6.45, 7) is 6.20. The summed E-state index contributed by atoms with van der Waals surface area (Å²) in [6.07, 6.45) is 6.61. The summed E-state index contributed by atoms with van der Waals surface area (Å²) >= 11 is 0. The van der Waals surface area contributed by atoms with Gasteiger partial charge in [0.2, 0.25) is 0 Å². The molecule has 26 heavy (non-hydrogen) atoms. The summed E-state index contributed by atoms with van der Waals surface area (Å²) in [5, 5.41) is 3.01. The van der Waals surface area contributed by atoms with Crippen LogP contribution in [0.25, 0.3) is 6.08 Å². The molecule has 2 rings (SSSR count). The second kappa shape index (κ2) is 10.00. The van der Waals surface area contributed by atoms with E-state index in [1.807, 2.05) is 31.2 Å². The van der Waals surface area contributed by atoms with Crippen molar-refractivity contribution in [3.8, 4) is 5.75 Å². The van der Waals surface area contributed by atoms with Crippen molar-refractivity contribution in [2.75, 3.05) is 6.61 Å². The van der Waals surface area contributed by atoms with Gasteiger partial charge in [-0.15, -0.1) is 0 Å². The third-order valence-corrected chi connectivity index (χ3v) is 4.72. The van der Waals surface area contributed by atoms with Gasteiger partial charge < -0.3 is 14.8 Å². The Kier molecular flexibility index (Phi) is 7.70. The first-order chi connectivity index (χ1) is 12.5. The van der Waals surface area contributed by atoms with E-state index < -0.39 is 12.1 Å². The van der Waals surface area contributed by atoms with Gasteiger partial charge in [0.05, 0.1) is 6.61 Å². The Labute approximate surface area is 155 Å². The van der Waals surface area contributed by atoms with E-state index in [9.17, 15) is 9.59 Å². The Morgan fingerprint density at radius 3 is 2.73 bits per heavy atom. The first-order valence-electron chi connectivity index (χ1n) is 9.42. The van der Waals surface area contributed by atoms with Gasteiger partial charge in [0.25, 0.3) is 5.91 Å². The van der Waals surface area contributed by atoms with Crippen LogP contribution < -0.4 is 10.1 Å². The molecule has 0 saturated heterocycles. The highest BCUT2D eigenvalue weighted by molar-refractivity contribution is 5.90. The number of hydrogen-bond donors (Lipinski definition) is 1. The molecule has 1 aromatic rings. The molecule has 0 radical (unpaired) electrons. The van der Waals surface area contributed by atoms with Gasteiger partial charge in [0, 0.05) is 17.7 Å². The maximum Gasteiger partial charge on any atom is 0.331 e. The Bertz CT molecular complexity index is 641. The lowest BCUT2D eigenvalue weighted by Crippen LogP contribution is -2.45. The molecule has 0 spiro atoms. The molecule has 5 nitrogen and oxygen atoms in total. The van der Waals surface area contributed by atoms with E-state index in [1.165, 1.54) is 12.5 Å². The van der Waals surface area contributed by atoms with Crippen molar-refractivity contribution >= 4 is 18.0 Å². The molecule has 1 aromatic carbocycles. The first-order valence-corrected chi connectivity index (χ1v) is 9.42. The van der Waals surface area contributed by atoms with E-state index in [4.69, 9.17) is 9.47 Å². The van der Waals surface area contributed by atoms with E-state index in [0.717, 1.165) is 24.8 Å². The summed E-state index contributed by atoms with van der Waals surface area (Å²) in [7, 11) is 0. The highest BCUT2D eigenvalue weighted by Crippen LogP contribution is 2.24. The van der Waals surface area contributed by atoms with Crippen LogP contribution in [0.15, 0.2) is 30.3 Å². The molecule has 0 aromatic heterocycles. The van der Waals surface area contributed by atoms with Crippen LogP contribution in [-0.2, 0) is 14.3 Å². The van der Waals surface area contributed by atoms with E-state index in [2.05, 4.69) is 12.2 Å². The first kappa shape index (κ1) is 20.0. The zero-order valence-electron chi connectivity index (χ0n) is 15.9. The molecule has 5 heteroatoms. The maximum absolute atomic E-state index is 12.3. The predicted octanol–water partition coefficient (Wildman–Crippen LogP) is 3.73. The molecule has 0 unspecified atom stereocenters. The lowest BCUT2D eigenvalue weighted by Gasteiger charge is -2.30. The van der Waals surface area contributed by atoms with Gasteiger partial charge in [-0.1, -0.05) is 38.0 Å². The average Bonchev–Trinajstić information content (AvgIpc) is 2.63. The Balaban J connectivity index is 1.87. The number of carbonyl (C=O) groups is 2. The summed E-state index contributed by atoms with van der Waals surface area (Å²) in [5.41, 5.74) is 0.791. The van der Waals surface area contributed by atoms with Crippen LogP contribution in [0.2, 0.25) is 0 Å². The number of carbonyl (C=O) groups excluding carboxylic acids is 2. The summed E-state index contributed by atoms with van der Waals surface area (Å²) in [4.78, 5) is 24.3. The molecule has 1 aliphatic carbocycles. The van der Waals surface area contributed by atoms with Crippen LogP contribution in [0, 0.1) is 5.92 Å². The van der Waals surface area contributed by atoms with Crippen molar-refractivity contribution in [3.63, 3.8) is 0 Å². The topological polar surface area (TPSA) is 64.6 Å². The third-order valence-electron chi connectivity index (χ3n) is 4.72. The molecule has 1 amide bonds. The third kappa shape index (κ3) is 5.90. The SMILES string of the molecule is CCOc1ccccc1/C=C/C(=O)O[C@H](C)C(=O)N[C@@H]1CCCC[C@@H]1C. The summed E-state index contributed by atoms with van der Waals surface area (Å²) in [6, 6.07) is 7.62. The zero-order valence-corrected chi connectivity index (χ0v) is 15.9. The van der Waals surface area contributed by atoms with Gasteiger partial charge in [-0.25, -0.2) is 4.79 Å². The number of nitrogens with one attached hydrogen (secondary N) is 1. The van der Waals surface area contributed by atoms with Crippen molar-refractivity contribution in [3.05, 3.63) is 35.9 Å². The lowest BCUT2D eigenvalue weighted by atomic mass is 9.86. The number of ether oxygens (including phenoxy) is 2. The normalized spacial score (nSPS) is 21.2. The fourth-order valence-corrected chi connectivity index (χ4v) is 3.16. The van der Waals surface area contributed by atoms with Gasteiger partial charge in [-0.3, -0.25) is 4.79 Å². The average molecular weight is 359 g/mol. The molecule has 142 valence electrons. The Hall–Kier alpha value is -2.30. The van der Waals surface area contributed by atoms with Crippen LogP contribution in [0.3, 0.4) is 0 Å².